The van der Waals surface area contributed by atoms with Gasteiger partial charge in [-0.05, 0) is 47.6 Å². The second-order valence-electron chi connectivity index (χ2n) is 10.2. The summed E-state index contributed by atoms with van der Waals surface area (Å²) in [5.41, 5.74) is 6.45. The van der Waals surface area contributed by atoms with Gasteiger partial charge in [0.2, 0.25) is 0 Å². The fraction of sp³-hybridized carbons (Fsp3) is 0.448. The second-order valence-corrected chi connectivity index (χ2v) is 10.2. The van der Waals surface area contributed by atoms with Crippen molar-refractivity contribution in [2.75, 3.05) is 6.61 Å². The molecule has 212 valence electrons. The molecular weight excluding hydrogens is 506 g/mol. The number of carbonyl (C=O) groups excluding carboxylic acids is 3. The van der Waals surface area contributed by atoms with Crippen LogP contribution in [0.25, 0.3) is 0 Å². The summed E-state index contributed by atoms with van der Waals surface area (Å²) >= 11 is 0. The summed E-state index contributed by atoms with van der Waals surface area (Å²) in [6, 6.07) is 11.4. The minimum Gasteiger partial charge on any atom is -0.480 e. The fourth-order valence-electron chi connectivity index (χ4n) is 3.85. The number of carboxylic acid groups (broad SMARTS) is 1. The summed E-state index contributed by atoms with van der Waals surface area (Å²) in [4.78, 5) is 48.8. The van der Waals surface area contributed by atoms with Crippen LogP contribution in [0.2, 0.25) is 0 Å². The van der Waals surface area contributed by atoms with E-state index >= 15 is 0 Å². The van der Waals surface area contributed by atoms with Crippen molar-refractivity contribution in [1.29, 1.82) is 0 Å². The summed E-state index contributed by atoms with van der Waals surface area (Å²) in [6.07, 6.45) is -0.678. The van der Waals surface area contributed by atoms with Crippen molar-refractivity contribution in [2.45, 2.75) is 59.4 Å². The van der Waals surface area contributed by atoms with Gasteiger partial charge in [-0.1, -0.05) is 58.9 Å². The molecule has 2 unspecified atom stereocenters. The Labute approximate surface area is 228 Å². The highest BCUT2D eigenvalue weighted by molar-refractivity contribution is 5.77. The number of rotatable bonds is 13. The summed E-state index contributed by atoms with van der Waals surface area (Å²) < 4.78 is 21.3. The van der Waals surface area contributed by atoms with Crippen molar-refractivity contribution in [3.8, 4) is 17.2 Å². The van der Waals surface area contributed by atoms with Crippen molar-refractivity contribution in [3.05, 3.63) is 54.1 Å². The number of esters is 2. The Kier molecular flexibility index (Phi) is 11.9. The molecule has 0 bridgehead atoms. The van der Waals surface area contributed by atoms with E-state index in [0.717, 1.165) is 0 Å². The first kappa shape index (κ1) is 31.3. The van der Waals surface area contributed by atoms with Gasteiger partial charge in [-0.15, -0.1) is 0 Å². The standard InChI is InChI=1S/C29H37NO9/c1-17(2)13-24(31)38-22-12-11-20(15-23(22)39-25(32)14-18(3)4)26(27(30)28(33)34)19(5)16-36-29(35)37-21-9-7-6-8-10-21/h6-12,15,17-19,26-27H,13-14,16,30H2,1-5H3,(H,33,34)/t19?,26?,27-/m0/s1. The molecule has 0 saturated carbocycles. The Hall–Kier alpha value is -3.92. The average Bonchev–Trinajstić information content (AvgIpc) is 2.84. The van der Waals surface area contributed by atoms with Gasteiger partial charge in [-0.3, -0.25) is 14.4 Å². The third kappa shape index (κ3) is 10.4. The summed E-state index contributed by atoms with van der Waals surface area (Å²) in [5, 5.41) is 9.69. The van der Waals surface area contributed by atoms with Gasteiger partial charge in [0.25, 0.3) is 0 Å². The molecule has 39 heavy (non-hydrogen) atoms. The average molecular weight is 544 g/mol. The molecular formula is C29H37NO9. The molecule has 0 aromatic heterocycles. The van der Waals surface area contributed by atoms with Crippen LogP contribution in [-0.2, 0) is 19.1 Å². The van der Waals surface area contributed by atoms with Gasteiger partial charge in [0, 0.05) is 18.8 Å². The third-order valence-corrected chi connectivity index (χ3v) is 5.64. The number of carbonyl (C=O) groups is 4. The highest BCUT2D eigenvalue weighted by atomic mass is 16.7. The van der Waals surface area contributed by atoms with Crippen LogP contribution >= 0.6 is 0 Å². The third-order valence-electron chi connectivity index (χ3n) is 5.64. The van der Waals surface area contributed by atoms with Gasteiger partial charge < -0.3 is 29.8 Å². The van der Waals surface area contributed by atoms with Gasteiger partial charge in [-0.2, -0.15) is 0 Å². The number of hydrogen-bond donors (Lipinski definition) is 2. The molecule has 10 heteroatoms. The molecule has 0 fully saturated rings. The van der Waals surface area contributed by atoms with Crippen molar-refractivity contribution in [1.82, 2.24) is 0 Å². The van der Waals surface area contributed by atoms with Crippen molar-refractivity contribution in [3.63, 3.8) is 0 Å². The lowest BCUT2D eigenvalue weighted by molar-refractivity contribution is -0.139. The maximum atomic E-state index is 12.5. The molecule has 2 aromatic rings. The minimum absolute atomic E-state index is 0.0219. The molecule has 3 atom stereocenters. The normalized spacial score (nSPS) is 13.3. The van der Waals surface area contributed by atoms with Crippen molar-refractivity contribution >= 4 is 24.1 Å². The van der Waals surface area contributed by atoms with Gasteiger partial charge in [-0.25, -0.2) is 4.79 Å². The van der Waals surface area contributed by atoms with Gasteiger partial charge in [0.1, 0.15) is 11.8 Å². The quantitative estimate of drug-likeness (QED) is 0.202. The summed E-state index contributed by atoms with van der Waals surface area (Å²) in [7, 11) is 0. The van der Waals surface area contributed by atoms with Crippen molar-refractivity contribution < 1.29 is 43.2 Å². The Bertz CT molecular complexity index is 1130. The molecule has 0 aliphatic rings. The zero-order valence-corrected chi connectivity index (χ0v) is 22.9. The first-order valence-corrected chi connectivity index (χ1v) is 12.8. The van der Waals surface area contributed by atoms with Crippen LogP contribution in [0.5, 0.6) is 17.2 Å². The van der Waals surface area contributed by atoms with E-state index in [1.165, 1.54) is 12.1 Å². The Morgan fingerprint density at radius 1 is 0.795 bits per heavy atom. The minimum atomic E-state index is -1.39. The fourth-order valence-corrected chi connectivity index (χ4v) is 3.85. The Morgan fingerprint density at radius 3 is 1.90 bits per heavy atom. The first-order chi connectivity index (χ1) is 18.4. The molecule has 3 N–H and O–H groups in total. The largest absolute Gasteiger partial charge is 0.513 e. The first-order valence-electron chi connectivity index (χ1n) is 12.8. The molecule has 0 aliphatic heterocycles. The molecule has 0 radical (unpaired) electrons. The van der Waals surface area contributed by atoms with Crippen LogP contribution in [0.4, 0.5) is 4.79 Å². The van der Waals surface area contributed by atoms with Crippen LogP contribution in [0, 0.1) is 17.8 Å². The predicted octanol–water partition coefficient (Wildman–Crippen LogP) is 4.94. The van der Waals surface area contributed by atoms with E-state index < -0.39 is 41.9 Å². The highest BCUT2D eigenvalue weighted by Crippen LogP contribution is 2.36. The van der Waals surface area contributed by atoms with E-state index in [9.17, 15) is 24.3 Å². The molecule has 0 heterocycles. The van der Waals surface area contributed by atoms with Gasteiger partial charge in [0.05, 0.1) is 6.61 Å². The maximum absolute atomic E-state index is 12.5. The summed E-state index contributed by atoms with van der Waals surface area (Å²) in [6.45, 7) is 8.91. The van der Waals surface area contributed by atoms with E-state index in [4.69, 9.17) is 24.7 Å². The lowest BCUT2D eigenvalue weighted by Crippen LogP contribution is -2.40. The van der Waals surface area contributed by atoms with Crippen LogP contribution in [0.1, 0.15) is 58.9 Å². The second kappa shape index (κ2) is 14.9. The molecule has 2 aromatic carbocycles. The zero-order valence-electron chi connectivity index (χ0n) is 22.9. The predicted molar refractivity (Wildman–Crippen MR) is 143 cm³/mol. The Balaban J connectivity index is 2.32. The van der Waals surface area contributed by atoms with E-state index in [1.807, 2.05) is 27.7 Å². The molecule has 0 aliphatic carbocycles. The number of ether oxygens (including phenoxy) is 4. The molecule has 10 nitrogen and oxygen atoms in total. The van der Waals surface area contributed by atoms with Crippen LogP contribution in [-0.4, -0.2) is 41.8 Å². The van der Waals surface area contributed by atoms with E-state index in [0.29, 0.717) is 11.3 Å². The zero-order chi connectivity index (χ0) is 29.1. The number of carboxylic acids is 1. The van der Waals surface area contributed by atoms with Crippen LogP contribution < -0.4 is 19.9 Å². The number of aliphatic carboxylic acids is 1. The molecule has 0 spiro atoms. The summed E-state index contributed by atoms with van der Waals surface area (Å²) in [5.74, 6) is -3.41. The number of benzene rings is 2. The number of nitrogens with two attached hydrogens (primary N) is 1. The maximum Gasteiger partial charge on any atom is 0.513 e. The monoisotopic (exact) mass is 543 g/mol. The number of para-hydroxylation sites is 1. The lowest BCUT2D eigenvalue weighted by Gasteiger charge is -2.28. The van der Waals surface area contributed by atoms with E-state index in [2.05, 4.69) is 0 Å². The molecule has 0 saturated heterocycles. The van der Waals surface area contributed by atoms with Crippen molar-refractivity contribution in [2.24, 2.45) is 23.5 Å². The highest BCUT2D eigenvalue weighted by Gasteiger charge is 2.33. The molecule has 2 rings (SSSR count). The lowest BCUT2D eigenvalue weighted by atomic mass is 9.82. The van der Waals surface area contributed by atoms with E-state index in [-0.39, 0.29) is 42.8 Å². The van der Waals surface area contributed by atoms with Gasteiger partial charge in [0.15, 0.2) is 11.5 Å². The SMILES string of the molecule is CC(C)CC(=O)Oc1ccc(C(C(C)COC(=O)Oc2ccccc2)[C@H](N)C(=O)O)cc1OC(=O)CC(C)C. The van der Waals surface area contributed by atoms with Crippen LogP contribution in [0.15, 0.2) is 48.5 Å². The van der Waals surface area contributed by atoms with Crippen LogP contribution in [0.3, 0.4) is 0 Å². The smallest absolute Gasteiger partial charge is 0.480 e. The number of hydrogen-bond acceptors (Lipinski definition) is 9. The van der Waals surface area contributed by atoms with Gasteiger partial charge >= 0.3 is 24.1 Å². The topological polar surface area (TPSA) is 151 Å². The molecule has 0 amide bonds. The Morgan fingerprint density at radius 2 is 1.36 bits per heavy atom. The van der Waals surface area contributed by atoms with E-state index in [1.54, 1.807) is 43.3 Å².